The van der Waals surface area contributed by atoms with Crippen molar-refractivity contribution in [1.29, 1.82) is 0 Å². The summed E-state index contributed by atoms with van der Waals surface area (Å²) in [6.45, 7) is -1.30. The van der Waals surface area contributed by atoms with Gasteiger partial charge >= 0.3 is 7.82 Å². The highest BCUT2D eigenvalue weighted by atomic mass is 31.2. The van der Waals surface area contributed by atoms with Crippen LogP contribution in [0.2, 0.25) is 0 Å². The van der Waals surface area contributed by atoms with Gasteiger partial charge in [-0.1, -0.05) is 0 Å². The maximum absolute atomic E-state index is 11.4. The van der Waals surface area contributed by atoms with Crippen molar-refractivity contribution in [3.63, 3.8) is 0 Å². The van der Waals surface area contributed by atoms with Crippen LogP contribution in [0.25, 0.3) is 0 Å². The summed E-state index contributed by atoms with van der Waals surface area (Å²) in [6.07, 6.45) is -4.48. The molecule has 0 aromatic carbocycles. The predicted octanol–water partition coefficient (Wildman–Crippen LogP) is -2.95. The molecule has 0 spiro atoms. The largest absolute Gasteiger partial charge is 0.469 e. The van der Waals surface area contributed by atoms with E-state index in [0.29, 0.717) is 0 Å². The van der Waals surface area contributed by atoms with Crippen molar-refractivity contribution < 1.29 is 38.9 Å². The van der Waals surface area contributed by atoms with Crippen molar-refractivity contribution in [2.24, 2.45) is 0 Å². The summed E-state index contributed by atoms with van der Waals surface area (Å²) in [5, 5.41) is 28.9. The minimum Gasteiger partial charge on any atom is -0.391 e. The molecule has 0 amide bonds. The number of nitrogens with zero attached hydrogens (tertiary/aromatic N) is 2. The summed E-state index contributed by atoms with van der Waals surface area (Å²) in [6, 6.07) is 0. The zero-order chi connectivity index (χ0) is 17.4. The van der Waals surface area contributed by atoms with Gasteiger partial charge in [0.25, 0.3) is 5.56 Å². The lowest BCUT2D eigenvalue weighted by atomic mass is 10.1. The van der Waals surface area contributed by atoms with E-state index < -0.39 is 51.1 Å². The van der Waals surface area contributed by atoms with Crippen molar-refractivity contribution >= 4 is 13.8 Å². The summed E-state index contributed by atoms with van der Waals surface area (Å²) in [5.41, 5.74) is 4.70. The third-order valence-electron chi connectivity index (χ3n) is 3.24. The van der Waals surface area contributed by atoms with Crippen molar-refractivity contribution in [3.05, 3.63) is 22.1 Å². The van der Waals surface area contributed by atoms with Gasteiger partial charge in [-0.3, -0.25) is 13.9 Å². The Morgan fingerprint density at radius 2 is 2.04 bits per heavy atom. The molecule has 23 heavy (non-hydrogen) atoms. The van der Waals surface area contributed by atoms with E-state index in [9.17, 15) is 19.6 Å². The number of phosphoric ester groups is 1. The third-order valence-corrected chi connectivity index (χ3v) is 3.72. The average molecular weight is 353 g/mol. The lowest BCUT2D eigenvalue weighted by Gasteiger charge is -2.20. The summed E-state index contributed by atoms with van der Waals surface area (Å²) in [5.74, 6) is -0.333. The van der Waals surface area contributed by atoms with Gasteiger partial charge in [-0.25, -0.2) is 4.57 Å². The molecule has 130 valence electrons. The Bertz CT molecular complexity index is 674. The van der Waals surface area contributed by atoms with E-state index in [1.807, 2.05) is 0 Å². The molecular formula is C10H16N3O9P. The highest BCUT2D eigenvalue weighted by molar-refractivity contribution is 7.46. The van der Waals surface area contributed by atoms with Crippen LogP contribution in [0.1, 0.15) is 11.8 Å². The molecule has 1 aliphatic heterocycles. The monoisotopic (exact) mass is 353 g/mol. The molecule has 0 saturated carbocycles. The molecule has 2 rings (SSSR count). The van der Waals surface area contributed by atoms with Gasteiger partial charge < -0.3 is 35.6 Å². The summed E-state index contributed by atoms with van der Waals surface area (Å²) in [4.78, 5) is 32.2. The van der Waals surface area contributed by atoms with Gasteiger partial charge in [0.1, 0.15) is 18.3 Å². The summed E-state index contributed by atoms with van der Waals surface area (Å²) < 4.78 is 21.2. The molecule has 1 aliphatic rings. The molecule has 1 aromatic heterocycles. The van der Waals surface area contributed by atoms with E-state index >= 15 is 0 Å². The van der Waals surface area contributed by atoms with Crippen molar-refractivity contribution in [1.82, 2.24) is 9.55 Å². The van der Waals surface area contributed by atoms with E-state index in [0.717, 1.165) is 10.8 Å². The van der Waals surface area contributed by atoms with E-state index in [1.54, 1.807) is 0 Å². The minimum atomic E-state index is -4.78. The van der Waals surface area contributed by atoms with Crippen molar-refractivity contribution in [3.8, 4) is 0 Å². The Balaban J connectivity index is 2.24. The molecule has 2 heterocycles. The van der Waals surface area contributed by atoms with Crippen LogP contribution < -0.4 is 11.3 Å². The Morgan fingerprint density at radius 1 is 1.39 bits per heavy atom. The first-order valence-electron chi connectivity index (χ1n) is 6.34. The predicted molar refractivity (Wildman–Crippen MR) is 72.8 cm³/mol. The van der Waals surface area contributed by atoms with Crippen LogP contribution in [-0.2, 0) is 20.4 Å². The van der Waals surface area contributed by atoms with Crippen LogP contribution >= 0.6 is 7.82 Å². The number of ether oxygens (including phenoxy) is 1. The highest BCUT2D eigenvalue weighted by Crippen LogP contribution is 2.38. The SMILES string of the molecule is Nc1nc(=O)c(CO)cn1[C@@H]1O[C@H](COP(=O)(O)O)[C@@H](O)[C@H]1O. The second kappa shape index (κ2) is 6.63. The number of nitrogens with two attached hydrogens (primary N) is 1. The zero-order valence-corrected chi connectivity index (χ0v) is 12.5. The standard InChI is InChI=1S/C10H16N3O9P/c11-10-12-8(17)4(2-14)1-13(10)9-7(16)6(15)5(22-9)3-21-23(18,19)20/h1,5-7,9,14-16H,2-3H2,(H2,11,12,17)(H2,18,19,20)/t5-,6-,7-,9-/m1/s1. The summed E-state index contributed by atoms with van der Waals surface area (Å²) in [7, 11) is -4.78. The normalized spacial score (nSPS) is 28.2. The number of anilines is 1. The van der Waals surface area contributed by atoms with E-state index in [2.05, 4.69) is 9.51 Å². The molecule has 7 N–H and O–H groups in total. The van der Waals surface area contributed by atoms with Crippen molar-refractivity contribution in [2.75, 3.05) is 12.3 Å². The minimum absolute atomic E-state index is 0.112. The number of hydrogen-bond donors (Lipinski definition) is 6. The Labute approximate surface area is 129 Å². The molecule has 13 heteroatoms. The fourth-order valence-electron chi connectivity index (χ4n) is 2.10. The van der Waals surface area contributed by atoms with Gasteiger partial charge in [0.05, 0.1) is 18.8 Å². The van der Waals surface area contributed by atoms with E-state index in [1.165, 1.54) is 0 Å². The number of nitrogen functional groups attached to an aromatic ring is 1. The highest BCUT2D eigenvalue weighted by Gasteiger charge is 2.45. The Hall–Kier alpha value is -1.37. The lowest BCUT2D eigenvalue weighted by Crippen LogP contribution is -2.34. The number of hydrogen-bond acceptors (Lipinski definition) is 9. The third kappa shape index (κ3) is 3.94. The van der Waals surface area contributed by atoms with E-state index in [4.69, 9.17) is 25.4 Å². The molecular weight excluding hydrogens is 337 g/mol. The quantitative estimate of drug-likeness (QED) is 0.296. The average Bonchev–Trinajstić information content (AvgIpc) is 2.73. The second-order valence-electron chi connectivity index (χ2n) is 4.83. The van der Waals surface area contributed by atoms with Crippen LogP contribution in [0, 0.1) is 0 Å². The first-order chi connectivity index (χ1) is 10.6. The van der Waals surface area contributed by atoms with Gasteiger partial charge in [0.2, 0.25) is 5.95 Å². The van der Waals surface area contributed by atoms with Crippen LogP contribution in [0.3, 0.4) is 0 Å². The number of aliphatic hydroxyl groups is 3. The molecule has 0 bridgehead atoms. The number of aromatic nitrogens is 2. The lowest BCUT2D eigenvalue weighted by molar-refractivity contribution is -0.0517. The maximum atomic E-state index is 11.4. The zero-order valence-electron chi connectivity index (χ0n) is 11.6. The van der Waals surface area contributed by atoms with Crippen molar-refractivity contribution in [2.45, 2.75) is 31.1 Å². The van der Waals surface area contributed by atoms with Gasteiger partial charge in [-0.05, 0) is 0 Å². The Kier molecular flexibility index (Phi) is 5.18. The molecule has 1 fully saturated rings. The van der Waals surface area contributed by atoms with Gasteiger partial charge in [0.15, 0.2) is 6.23 Å². The molecule has 0 aliphatic carbocycles. The van der Waals surface area contributed by atoms with Crippen LogP contribution in [0.4, 0.5) is 5.95 Å². The van der Waals surface area contributed by atoms with E-state index in [-0.39, 0.29) is 11.5 Å². The van der Waals surface area contributed by atoms with Crippen LogP contribution in [0.15, 0.2) is 11.0 Å². The Morgan fingerprint density at radius 3 is 2.61 bits per heavy atom. The van der Waals surface area contributed by atoms with Gasteiger partial charge in [-0.15, -0.1) is 0 Å². The molecule has 0 radical (unpaired) electrons. The molecule has 0 unspecified atom stereocenters. The van der Waals surface area contributed by atoms with Crippen LogP contribution in [0.5, 0.6) is 0 Å². The first-order valence-corrected chi connectivity index (χ1v) is 7.87. The van der Waals surface area contributed by atoms with Gasteiger partial charge in [0, 0.05) is 6.20 Å². The molecule has 1 saturated heterocycles. The number of aliphatic hydroxyl groups excluding tert-OH is 3. The molecule has 12 nitrogen and oxygen atoms in total. The second-order valence-corrected chi connectivity index (χ2v) is 6.07. The fraction of sp³-hybridized carbons (Fsp3) is 0.600. The molecule has 4 atom stereocenters. The topological polar surface area (TPSA) is 198 Å². The molecule has 1 aromatic rings. The maximum Gasteiger partial charge on any atom is 0.469 e. The van der Waals surface area contributed by atoms with Gasteiger partial charge in [-0.2, -0.15) is 4.98 Å². The number of rotatable bonds is 5. The first kappa shape index (κ1) is 18.0. The van der Waals surface area contributed by atoms with Crippen LogP contribution in [-0.4, -0.2) is 59.6 Å². The smallest absolute Gasteiger partial charge is 0.391 e. The number of phosphoric acid groups is 1. The summed E-state index contributed by atoms with van der Waals surface area (Å²) >= 11 is 0. The fourth-order valence-corrected chi connectivity index (χ4v) is 2.44.